The van der Waals surface area contributed by atoms with Gasteiger partial charge < -0.3 is 25.5 Å². The lowest BCUT2D eigenvalue weighted by Crippen LogP contribution is -2.70. The lowest BCUT2D eigenvalue weighted by Gasteiger charge is -2.49. The standard InChI is InChI=1S/C16H16N2O6S.C12H27N/c19-5-8-3-1-2-4-10(8)13(21)17-11-14(22)18-12(16(23)24)9(6-20)7-25-15(11)18;1-4-7-10-13(11-8-5-2)12-9-6-3/h1-4,11,15,19-20H,5-7H2,(H,17,21)(H,23,24);4-12H2,1-3H3/t11?,15-;/m1./s1. The van der Waals surface area contributed by atoms with E-state index in [-0.39, 0.29) is 29.2 Å². The summed E-state index contributed by atoms with van der Waals surface area (Å²) in [5, 5.41) is 30.0. The second-order valence-corrected chi connectivity index (χ2v) is 10.6. The van der Waals surface area contributed by atoms with Crippen LogP contribution in [-0.2, 0) is 16.2 Å². The van der Waals surface area contributed by atoms with Crippen LogP contribution in [0.5, 0.6) is 0 Å². The number of aliphatic hydroxyl groups is 2. The summed E-state index contributed by atoms with van der Waals surface area (Å²) in [5.41, 5.74) is 0.769. The average Bonchev–Trinajstić information content (AvgIpc) is 2.94. The molecule has 0 bridgehead atoms. The van der Waals surface area contributed by atoms with Crippen LogP contribution in [0.4, 0.5) is 0 Å². The molecule has 2 aliphatic heterocycles. The Labute approximate surface area is 230 Å². The highest BCUT2D eigenvalue weighted by atomic mass is 32.2. The first-order chi connectivity index (χ1) is 18.3. The molecule has 38 heavy (non-hydrogen) atoms. The van der Waals surface area contributed by atoms with E-state index in [2.05, 4.69) is 31.0 Å². The summed E-state index contributed by atoms with van der Waals surface area (Å²) in [6, 6.07) is 5.65. The molecule has 9 nitrogen and oxygen atoms in total. The molecule has 212 valence electrons. The topological polar surface area (TPSA) is 130 Å². The van der Waals surface area contributed by atoms with Gasteiger partial charge in [-0.05, 0) is 56.1 Å². The molecule has 2 amide bonds. The normalized spacial score (nSPS) is 18.5. The number of benzene rings is 1. The number of carboxylic acid groups (broad SMARTS) is 1. The Morgan fingerprint density at radius 2 is 1.58 bits per heavy atom. The Hall–Kier alpha value is -2.40. The lowest BCUT2D eigenvalue weighted by molar-refractivity contribution is -0.148. The number of fused-ring (bicyclic) bond motifs is 1. The third-order valence-electron chi connectivity index (χ3n) is 6.64. The summed E-state index contributed by atoms with van der Waals surface area (Å²) in [7, 11) is 0. The highest BCUT2D eigenvalue weighted by Gasteiger charge is 2.54. The predicted octanol–water partition coefficient (Wildman–Crippen LogP) is 3.21. The van der Waals surface area contributed by atoms with Gasteiger partial charge >= 0.3 is 5.97 Å². The zero-order chi connectivity index (χ0) is 28.1. The van der Waals surface area contributed by atoms with E-state index in [0.29, 0.717) is 5.56 Å². The smallest absolute Gasteiger partial charge is 0.352 e. The summed E-state index contributed by atoms with van der Waals surface area (Å²) >= 11 is 1.29. The molecule has 0 aromatic heterocycles. The molecule has 0 spiro atoms. The molecule has 0 radical (unpaired) electrons. The van der Waals surface area contributed by atoms with E-state index < -0.39 is 35.8 Å². The summed E-state index contributed by atoms with van der Waals surface area (Å²) in [6.07, 6.45) is 8.09. The van der Waals surface area contributed by atoms with Crippen molar-refractivity contribution in [3.63, 3.8) is 0 Å². The van der Waals surface area contributed by atoms with Crippen LogP contribution in [0.25, 0.3) is 0 Å². The summed E-state index contributed by atoms with van der Waals surface area (Å²) in [5.74, 6) is -2.04. The number of carbonyl (C=O) groups is 3. The maximum Gasteiger partial charge on any atom is 0.352 e. The van der Waals surface area contributed by atoms with Crippen LogP contribution >= 0.6 is 11.8 Å². The highest BCUT2D eigenvalue weighted by molar-refractivity contribution is 8.00. The fourth-order valence-corrected chi connectivity index (χ4v) is 5.72. The predicted molar refractivity (Wildman–Crippen MR) is 150 cm³/mol. The van der Waals surface area contributed by atoms with E-state index in [0.717, 1.165) is 4.90 Å². The number of hydrogen-bond acceptors (Lipinski definition) is 7. The van der Waals surface area contributed by atoms with Crippen LogP contribution in [0.1, 0.15) is 75.2 Å². The fraction of sp³-hybridized carbons (Fsp3) is 0.607. The van der Waals surface area contributed by atoms with Crippen molar-refractivity contribution in [3.8, 4) is 0 Å². The molecule has 0 aliphatic carbocycles. The largest absolute Gasteiger partial charge is 0.477 e. The number of hydrogen-bond donors (Lipinski definition) is 4. The van der Waals surface area contributed by atoms with Gasteiger partial charge in [0.1, 0.15) is 17.1 Å². The molecule has 1 unspecified atom stereocenters. The minimum Gasteiger partial charge on any atom is -0.477 e. The zero-order valence-corrected chi connectivity index (χ0v) is 23.6. The summed E-state index contributed by atoms with van der Waals surface area (Å²) in [4.78, 5) is 39.9. The Kier molecular flexibility index (Phi) is 13.8. The molecular weight excluding hydrogens is 506 g/mol. The van der Waals surface area contributed by atoms with Crippen molar-refractivity contribution >= 4 is 29.5 Å². The molecule has 1 fully saturated rings. The van der Waals surface area contributed by atoms with Crippen LogP contribution in [0.3, 0.4) is 0 Å². The van der Waals surface area contributed by atoms with E-state index in [1.165, 1.54) is 69.9 Å². The van der Waals surface area contributed by atoms with Gasteiger partial charge in [-0.25, -0.2) is 4.79 Å². The van der Waals surface area contributed by atoms with Crippen molar-refractivity contribution in [2.75, 3.05) is 32.0 Å². The first kappa shape index (κ1) is 31.8. The van der Waals surface area contributed by atoms with Crippen molar-refractivity contribution < 1.29 is 29.7 Å². The molecule has 2 atom stereocenters. The first-order valence-corrected chi connectivity index (χ1v) is 14.6. The Bertz CT molecular complexity index is 951. The Balaban J connectivity index is 0.000000332. The maximum absolute atomic E-state index is 12.4. The number of carbonyl (C=O) groups excluding carboxylic acids is 2. The van der Waals surface area contributed by atoms with Crippen molar-refractivity contribution in [1.82, 2.24) is 15.1 Å². The van der Waals surface area contributed by atoms with Gasteiger partial charge in [-0.15, -0.1) is 11.8 Å². The van der Waals surface area contributed by atoms with Crippen LogP contribution in [-0.4, -0.2) is 86.3 Å². The van der Waals surface area contributed by atoms with Crippen molar-refractivity contribution in [1.29, 1.82) is 0 Å². The van der Waals surface area contributed by atoms with E-state index in [4.69, 9.17) is 0 Å². The molecular formula is C28H43N3O6S. The van der Waals surface area contributed by atoms with E-state index in [9.17, 15) is 29.7 Å². The first-order valence-electron chi connectivity index (χ1n) is 13.6. The second-order valence-electron chi connectivity index (χ2n) is 9.49. The SMILES string of the molecule is CCCCN(CCCC)CCCC.O=C(O)C1=C(CO)CS[C@@H]2C(NC(=O)c3ccccc3CO)C(=O)N12. The van der Waals surface area contributed by atoms with E-state index in [1.807, 2.05) is 0 Å². The van der Waals surface area contributed by atoms with Crippen LogP contribution < -0.4 is 5.32 Å². The third-order valence-corrected chi connectivity index (χ3v) is 7.98. The molecule has 3 rings (SSSR count). The number of β-lactam (4-membered cyclic amide) rings is 1. The molecule has 1 aromatic carbocycles. The molecule has 0 saturated carbocycles. The van der Waals surface area contributed by atoms with Gasteiger partial charge in [0.15, 0.2) is 0 Å². The third kappa shape index (κ3) is 8.30. The number of amides is 2. The number of thioether (sulfide) groups is 1. The molecule has 1 saturated heterocycles. The van der Waals surface area contributed by atoms with Crippen molar-refractivity contribution in [2.45, 2.75) is 77.3 Å². The molecule has 2 aliphatic rings. The number of rotatable bonds is 14. The van der Waals surface area contributed by atoms with Gasteiger partial charge in [0.2, 0.25) is 0 Å². The molecule has 1 aromatic rings. The molecule has 10 heteroatoms. The highest BCUT2D eigenvalue weighted by Crippen LogP contribution is 2.40. The average molecular weight is 550 g/mol. The number of nitrogens with one attached hydrogen (secondary N) is 1. The quantitative estimate of drug-likeness (QED) is 0.260. The van der Waals surface area contributed by atoms with Gasteiger partial charge in [-0.2, -0.15) is 0 Å². The van der Waals surface area contributed by atoms with Gasteiger partial charge in [-0.1, -0.05) is 58.2 Å². The monoisotopic (exact) mass is 549 g/mol. The summed E-state index contributed by atoms with van der Waals surface area (Å²) in [6.45, 7) is 10.0. The Morgan fingerprint density at radius 3 is 2.08 bits per heavy atom. The number of unbranched alkanes of at least 4 members (excludes halogenated alkanes) is 3. The van der Waals surface area contributed by atoms with E-state index >= 15 is 0 Å². The number of carboxylic acids is 1. The van der Waals surface area contributed by atoms with Crippen LogP contribution in [0.15, 0.2) is 35.5 Å². The number of aliphatic carboxylic acids is 1. The Morgan fingerprint density at radius 1 is 1.00 bits per heavy atom. The fourth-order valence-electron chi connectivity index (χ4n) is 4.38. The minimum atomic E-state index is -1.28. The molecule has 2 heterocycles. The van der Waals surface area contributed by atoms with Gasteiger partial charge in [0.25, 0.3) is 11.8 Å². The van der Waals surface area contributed by atoms with Crippen molar-refractivity contribution in [3.05, 3.63) is 46.7 Å². The van der Waals surface area contributed by atoms with Crippen LogP contribution in [0.2, 0.25) is 0 Å². The number of aliphatic hydroxyl groups excluding tert-OH is 2. The lowest BCUT2D eigenvalue weighted by atomic mass is 10.0. The zero-order valence-electron chi connectivity index (χ0n) is 22.8. The summed E-state index contributed by atoms with van der Waals surface area (Å²) < 4.78 is 0. The van der Waals surface area contributed by atoms with Crippen molar-refractivity contribution in [2.24, 2.45) is 0 Å². The van der Waals surface area contributed by atoms with Gasteiger partial charge in [-0.3, -0.25) is 14.5 Å². The second kappa shape index (κ2) is 16.5. The number of nitrogens with zero attached hydrogens (tertiary/aromatic N) is 2. The van der Waals surface area contributed by atoms with Crippen LogP contribution in [0, 0.1) is 0 Å². The molecule has 4 N–H and O–H groups in total. The van der Waals surface area contributed by atoms with E-state index in [1.54, 1.807) is 24.3 Å². The maximum atomic E-state index is 12.4. The minimum absolute atomic E-state index is 0.211. The van der Waals surface area contributed by atoms with Gasteiger partial charge in [0, 0.05) is 11.3 Å². The van der Waals surface area contributed by atoms with Gasteiger partial charge in [0.05, 0.1) is 13.2 Å².